The van der Waals surface area contributed by atoms with E-state index >= 15 is 0 Å². The van der Waals surface area contributed by atoms with Crippen LogP contribution in [-0.4, -0.2) is 37.5 Å². The molecule has 0 heterocycles. The second-order valence-electron chi connectivity index (χ2n) is 10.6. The first-order chi connectivity index (χ1) is 13.8. The molecule has 1 N–H and O–H groups in total. The number of carbonyl (C=O) groups is 2. The Morgan fingerprint density at radius 2 is 1.93 bits per heavy atom. The maximum absolute atomic E-state index is 12.6. The van der Waals surface area contributed by atoms with Gasteiger partial charge in [-0.15, -0.1) is 0 Å². The Balaban J connectivity index is 1.52. The maximum Gasteiger partial charge on any atom is 0.307 e. The fourth-order valence-electron chi connectivity index (χ4n) is 7.73. The van der Waals surface area contributed by atoms with Gasteiger partial charge in [-0.05, 0) is 81.1 Å². The van der Waals surface area contributed by atoms with Crippen LogP contribution < -0.4 is 5.32 Å². The van der Waals surface area contributed by atoms with E-state index in [0.717, 1.165) is 44.9 Å². The molecular formula is C23H36N2O4. The molecule has 29 heavy (non-hydrogen) atoms. The number of rotatable bonds is 5. The second kappa shape index (κ2) is 7.75. The van der Waals surface area contributed by atoms with Gasteiger partial charge in [0.1, 0.15) is 11.9 Å². The van der Waals surface area contributed by atoms with E-state index < -0.39 is 0 Å². The van der Waals surface area contributed by atoms with Gasteiger partial charge in [-0.25, -0.2) is 0 Å². The quantitative estimate of drug-likeness (QED) is 0.555. The monoisotopic (exact) mass is 404 g/mol. The number of fused-ring (bicyclic) bond motifs is 5. The van der Waals surface area contributed by atoms with Crippen LogP contribution in [0, 0.1) is 39.4 Å². The predicted octanol–water partition coefficient (Wildman–Crippen LogP) is 3.86. The van der Waals surface area contributed by atoms with Crippen LogP contribution in [0.1, 0.15) is 71.6 Å². The molecule has 0 spiro atoms. The molecule has 2 unspecified atom stereocenters. The van der Waals surface area contributed by atoms with E-state index in [4.69, 9.17) is 4.74 Å². The third-order valence-corrected chi connectivity index (χ3v) is 9.35. The Morgan fingerprint density at radius 3 is 2.66 bits per heavy atom. The Hall–Kier alpha value is -1.30. The van der Waals surface area contributed by atoms with Crippen LogP contribution in [0.15, 0.2) is 5.18 Å². The van der Waals surface area contributed by atoms with Crippen molar-refractivity contribution in [2.24, 2.45) is 39.7 Å². The lowest BCUT2D eigenvalue weighted by Gasteiger charge is -2.61. The van der Waals surface area contributed by atoms with E-state index in [1.807, 2.05) is 7.05 Å². The average Bonchev–Trinajstić information content (AvgIpc) is 3.01. The molecular weight excluding hydrogens is 368 g/mol. The molecule has 4 saturated carbocycles. The van der Waals surface area contributed by atoms with Gasteiger partial charge >= 0.3 is 5.97 Å². The first kappa shape index (κ1) is 21.0. The number of hydrogen-bond donors (Lipinski definition) is 1. The highest BCUT2D eigenvalue weighted by Gasteiger charge is 2.62. The smallest absolute Gasteiger partial charge is 0.307 e. The maximum atomic E-state index is 12.6. The summed E-state index contributed by atoms with van der Waals surface area (Å²) in [5, 5.41) is 6.58. The molecule has 0 amide bonds. The molecule has 0 aromatic rings. The largest absolute Gasteiger partial charge is 0.462 e. The van der Waals surface area contributed by atoms with E-state index in [1.54, 1.807) is 0 Å². The SMILES string of the molecule is CNCCC(=O)O[C@H]1CC[C@@]2(C)C(C1)C(N=O)C[C@@H]1[C@@H]2CC[C@]2(C)C(=O)CC[C@@H]12. The summed E-state index contributed by atoms with van der Waals surface area (Å²) in [4.78, 5) is 36.6. The Labute approximate surface area is 173 Å². The lowest BCUT2D eigenvalue weighted by atomic mass is 9.44. The number of esters is 1. The van der Waals surface area contributed by atoms with Crippen molar-refractivity contribution < 1.29 is 14.3 Å². The van der Waals surface area contributed by atoms with Gasteiger partial charge in [0, 0.05) is 18.4 Å². The van der Waals surface area contributed by atoms with Gasteiger partial charge in [0.2, 0.25) is 0 Å². The topological polar surface area (TPSA) is 84.8 Å². The summed E-state index contributed by atoms with van der Waals surface area (Å²) in [6, 6.07) is -0.224. The normalized spacial score (nSPS) is 46.4. The summed E-state index contributed by atoms with van der Waals surface area (Å²) in [5.41, 5.74) is -0.125. The van der Waals surface area contributed by atoms with Crippen LogP contribution in [0.2, 0.25) is 0 Å². The van der Waals surface area contributed by atoms with E-state index in [2.05, 4.69) is 24.3 Å². The summed E-state index contributed by atoms with van der Waals surface area (Å²) in [5.74, 6) is 1.84. The van der Waals surface area contributed by atoms with Crippen LogP contribution >= 0.6 is 0 Å². The number of Topliss-reactive ketones (excluding diaryl/α,β-unsaturated/α-hetero) is 1. The van der Waals surface area contributed by atoms with Crippen molar-refractivity contribution in [3.05, 3.63) is 4.91 Å². The van der Waals surface area contributed by atoms with Crippen LogP contribution in [0.5, 0.6) is 0 Å². The summed E-state index contributed by atoms with van der Waals surface area (Å²) < 4.78 is 5.75. The highest BCUT2D eigenvalue weighted by molar-refractivity contribution is 5.87. The number of nitroso groups, excluding NO2 is 1. The number of nitrogens with one attached hydrogen (secondary N) is 1. The Morgan fingerprint density at radius 1 is 1.14 bits per heavy atom. The number of ether oxygens (including phenoxy) is 1. The van der Waals surface area contributed by atoms with E-state index in [-0.39, 0.29) is 34.9 Å². The number of carbonyl (C=O) groups excluding carboxylic acids is 2. The molecule has 8 atom stereocenters. The van der Waals surface area contributed by atoms with Gasteiger partial charge in [-0.1, -0.05) is 19.0 Å². The fraction of sp³-hybridized carbons (Fsp3) is 0.913. The minimum Gasteiger partial charge on any atom is -0.462 e. The van der Waals surface area contributed by atoms with Crippen LogP contribution in [0.3, 0.4) is 0 Å². The zero-order chi connectivity index (χ0) is 20.8. The molecule has 0 saturated heterocycles. The van der Waals surface area contributed by atoms with Crippen molar-refractivity contribution in [2.45, 2.75) is 83.8 Å². The van der Waals surface area contributed by atoms with Gasteiger partial charge in [-0.3, -0.25) is 9.59 Å². The van der Waals surface area contributed by atoms with Crippen molar-refractivity contribution in [3.8, 4) is 0 Å². The highest BCUT2D eigenvalue weighted by Crippen LogP contribution is 2.66. The number of nitrogens with zero attached hydrogens (tertiary/aromatic N) is 1. The molecule has 4 rings (SSSR count). The average molecular weight is 405 g/mol. The minimum absolute atomic E-state index is 0.0579. The summed E-state index contributed by atoms with van der Waals surface area (Å²) in [7, 11) is 1.82. The Bertz CT molecular complexity index is 682. The van der Waals surface area contributed by atoms with E-state index in [9.17, 15) is 14.5 Å². The van der Waals surface area contributed by atoms with Crippen molar-refractivity contribution in [3.63, 3.8) is 0 Å². The molecule has 0 bridgehead atoms. The Kier molecular flexibility index (Phi) is 5.60. The fourth-order valence-corrected chi connectivity index (χ4v) is 7.73. The van der Waals surface area contributed by atoms with Crippen molar-refractivity contribution in [1.29, 1.82) is 0 Å². The number of hydrogen-bond acceptors (Lipinski definition) is 6. The van der Waals surface area contributed by atoms with Crippen LogP contribution in [-0.2, 0) is 14.3 Å². The van der Waals surface area contributed by atoms with Crippen LogP contribution in [0.4, 0.5) is 0 Å². The molecule has 4 aliphatic rings. The summed E-state index contributed by atoms with van der Waals surface area (Å²) in [6.07, 6.45) is 7.44. The minimum atomic E-state index is -0.224. The van der Waals surface area contributed by atoms with Crippen molar-refractivity contribution in [2.75, 3.05) is 13.6 Å². The van der Waals surface area contributed by atoms with Crippen molar-refractivity contribution >= 4 is 11.8 Å². The predicted molar refractivity (Wildman–Crippen MR) is 110 cm³/mol. The standard InChI is InChI=1S/C23H36N2O4/c1-22-9-6-14(29-21(27)8-11-24-3)12-18(22)19(25-28)13-15-16-4-5-20(26)23(16,2)10-7-17(15)22/h14-19,24H,4-13H2,1-3H3/t14-,15-,16-,17-,18?,19?,22+,23-/m0/s1. The summed E-state index contributed by atoms with van der Waals surface area (Å²) in [6.45, 7) is 5.14. The molecule has 4 fully saturated rings. The molecule has 0 aliphatic heterocycles. The summed E-state index contributed by atoms with van der Waals surface area (Å²) >= 11 is 0. The lowest BCUT2D eigenvalue weighted by Crippen LogP contribution is -2.58. The number of ketones is 1. The van der Waals surface area contributed by atoms with Gasteiger partial charge in [0.25, 0.3) is 0 Å². The highest BCUT2D eigenvalue weighted by atomic mass is 16.5. The third kappa shape index (κ3) is 3.35. The van der Waals surface area contributed by atoms with Crippen molar-refractivity contribution in [1.82, 2.24) is 5.32 Å². The second-order valence-corrected chi connectivity index (χ2v) is 10.6. The molecule has 6 nitrogen and oxygen atoms in total. The molecule has 0 aromatic heterocycles. The molecule has 4 aliphatic carbocycles. The van der Waals surface area contributed by atoms with Crippen LogP contribution in [0.25, 0.3) is 0 Å². The first-order valence-electron chi connectivity index (χ1n) is 11.5. The first-order valence-corrected chi connectivity index (χ1v) is 11.5. The molecule has 162 valence electrons. The van der Waals surface area contributed by atoms with Gasteiger partial charge < -0.3 is 10.1 Å². The van der Waals surface area contributed by atoms with Gasteiger partial charge in [-0.2, -0.15) is 4.91 Å². The lowest BCUT2D eigenvalue weighted by molar-refractivity contribution is -0.164. The molecule has 0 aromatic carbocycles. The molecule has 6 heteroatoms. The van der Waals surface area contributed by atoms with E-state index in [1.165, 1.54) is 0 Å². The van der Waals surface area contributed by atoms with E-state index in [0.29, 0.717) is 42.9 Å². The third-order valence-electron chi connectivity index (χ3n) is 9.35. The molecule has 0 radical (unpaired) electrons. The van der Waals surface area contributed by atoms with Gasteiger partial charge in [0.15, 0.2) is 0 Å². The zero-order valence-corrected chi connectivity index (χ0v) is 18.1. The van der Waals surface area contributed by atoms with Gasteiger partial charge in [0.05, 0.1) is 12.5 Å². The zero-order valence-electron chi connectivity index (χ0n) is 18.1.